The Labute approximate surface area is 169 Å². The van der Waals surface area contributed by atoms with Gasteiger partial charge in [0.2, 0.25) is 35.0 Å². The van der Waals surface area contributed by atoms with E-state index in [0.717, 1.165) is 0 Å². The van der Waals surface area contributed by atoms with Crippen molar-refractivity contribution in [3.05, 3.63) is 5.28 Å². The molecule has 2 heterocycles. The van der Waals surface area contributed by atoms with Gasteiger partial charge in [-0.15, -0.1) is 0 Å². The molecule has 0 aromatic carbocycles. The summed E-state index contributed by atoms with van der Waals surface area (Å²) in [7, 11) is 0. The Hall–Kier alpha value is -2.69. The van der Waals surface area contributed by atoms with Crippen molar-refractivity contribution in [3.8, 4) is 0 Å². The predicted molar refractivity (Wildman–Crippen MR) is 113 cm³/mol. The minimum atomic E-state index is -0.224. The summed E-state index contributed by atoms with van der Waals surface area (Å²) in [5, 5.41) is 9.52. The first-order valence-corrected chi connectivity index (χ1v) is 9.39. The number of hydrazine groups is 1. The van der Waals surface area contributed by atoms with Crippen LogP contribution in [0.15, 0.2) is 0 Å². The van der Waals surface area contributed by atoms with Crippen LogP contribution in [-0.2, 0) is 0 Å². The van der Waals surface area contributed by atoms with E-state index in [2.05, 4.69) is 56.7 Å². The summed E-state index contributed by atoms with van der Waals surface area (Å²) in [6, 6.07) is 0.340. The molecule has 0 radical (unpaired) electrons. The molecule has 2 aromatic rings. The van der Waals surface area contributed by atoms with Crippen molar-refractivity contribution >= 4 is 41.3 Å². The number of anilines is 5. The van der Waals surface area contributed by atoms with Gasteiger partial charge in [0.05, 0.1) is 0 Å². The van der Waals surface area contributed by atoms with E-state index in [1.54, 1.807) is 0 Å². The molecular weight excluding hydrogens is 382 g/mol. The van der Waals surface area contributed by atoms with Crippen LogP contribution in [0.25, 0.3) is 0 Å². The van der Waals surface area contributed by atoms with E-state index < -0.39 is 0 Å². The number of halogens is 1. The molecule has 0 saturated carbocycles. The number of nitrogens with one attached hydrogen (secondary N) is 5. The van der Waals surface area contributed by atoms with Crippen LogP contribution in [-0.4, -0.2) is 47.5 Å². The standard InChI is InChI=1S/C16H28ClN11/c1-8(2)18-11-22-12(19-9(3)4)24-15(23-11)28-27-14-21-10(17)20-13(25-14)26-16(5,6)7/h8-9H,1-7H3,(H2,20,21,25,26,27)(H3,18,19,22,23,24,28). The molecule has 0 aliphatic rings. The number of aromatic nitrogens is 6. The molecule has 2 rings (SSSR count). The molecule has 0 aliphatic carbocycles. The number of rotatable bonds is 8. The maximum atomic E-state index is 5.99. The molecule has 0 atom stereocenters. The molecule has 0 fully saturated rings. The Balaban J connectivity index is 2.18. The van der Waals surface area contributed by atoms with Crippen molar-refractivity contribution in [2.45, 2.75) is 66.1 Å². The van der Waals surface area contributed by atoms with Gasteiger partial charge in [-0.3, -0.25) is 10.9 Å². The zero-order valence-corrected chi connectivity index (χ0v) is 18.0. The average molecular weight is 410 g/mol. The molecule has 0 saturated heterocycles. The largest absolute Gasteiger partial charge is 0.352 e. The van der Waals surface area contributed by atoms with Crippen LogP contribution in [0.5, 0.6) is 0 Å². The Morgan fingerprint density at radius 3 is 1.50 bits per heavy atom. The Bertz CT molecular complexity index is 760. The maximum absolute atomic E-state index is 5.99. The second-order valence-corrected chi connectivity index (χ2v) is 8.12. The Kier molecular flexibility index (Phi) is 6.95. The molecule has 154 valence electrons. The number of nitrogens with zero attached hydrogens (tertiary/aromatic N) is 6. The minimum absolute atomic E-state index is 0.0611. The van der Waals surface area contributed by atoms with Gasteiger partial charge in [-0.25, -0.2) is 0 Å². The monoisotopic (exact) mass is 409 g/mol. The van der Waals surface area contributed by atoms with Gasteiger partial charge >= 0.3 is 0 Å². The summed E-state index contributed by atoms with van der Waals surface area (Å²) in [5.74, 6) is 1.77. The highest BCUT2D eigenvalue weighted by Gasteiger charge is 2.14. The average Bonchev–Trinajstić information content (AvgIpc) is 2.49. The zero-order chi connectivity index (χ0) is 20.9. The van der Waals surface area contributed by atoms with E-state index in [1.165, 1.54) is 0 Å². The van der Waals surface area contributed by atoms with Crippen molar-refractivity contribution in [2.75, 3.05) is 26.8 Å². The minimum Gasteiger partial charge on any atom is -0.352 e. The van der Waals surface area contributed by atoms with Crippen LogP contribution in [0.1, 0.15) is 48.5 Å². The van der Waals surface area contributed by atoms with Crippen LogP contribution in [0.3, 0.4) is 0 Å². The van der Waals surface area contributed by atoms with E-state index in [9.17, 15) is 0 Å². The highest BCUT2D eigenvalue weighted by Crippen LogP contribution is 2.15. The van der Waals surface area contributed by atoms with E-state index >= 15 is 0 Å². The third-order valence-corrected chi connectivity index (χ3v) is 3.02. The van der Waals surface area contributed by atoms with Crippen LogP contribution >= 0.6 is 11.6 Å². The van der Waals surface area contributed by atoms with Crippen LogP contribution < -0.4 is 26.8 Å². The van der Waals surface area contributed by atoms with Gasteiger partial charge in [0.1, 0.15) is 0 Å². The van der Waals surface area contributed by atoms with Gasteiger partial charge < -0.3 is 16.0 Å². The normalized spacial score (nSPS) is 11.5. The van der Waals surface area contributed by atoms with Crippen LogP contribution in [0.2, 0.25) is 5.28 Å². The Morgan fingerprint density at radius 1 is 0.643 bits per heavy atom. The van der Waals surface area contributed by atoms with E-state index in [0.29, 0.717) is 23.8 Å². The van der Waals surface area contributed by atoms with Gasteiger partial charge in [0, 0.05) is 17.6 Å². The molecule has 5 N–H and O–H groups in total. The lowest BCUT2D eigenvalue weighted by Crippen LogP contribution is -2.28. The molecule has 0 spiro atoms. The molecule has 2 aromatic heterocycles. The number of hydrogen-bond acceptors (Lipinski definition) is 11. The first-order valence-electron chi connectivity index (χ1n) is 9.01. The fourth-order valence-corrected chi connectivity index (χ4v) is 2.15. The van der Waals surface area contributed by atoms with Gasteiger partial charge in [-0.05, 0) is 60.1 Å². The lowest BCUT2D eigenvalue weighted by molar-refractivity contribution is 0.625. The molecule has 11 nitrogen and oxygen atoms in total. The maximum Gasteiger partial charge on any atom is 0.248 e. The van der Waals surface area contributed by atoms with Gasteiger partial charge in [0.15, 0.2) is 0 Å². The molecule has 0 unspecified atom stereocenters. The smallest absolute Gasteiger partial charge is 0.248 e. The first kappa shape index (κ1) is 21.6. The molecular formula is C16H28ClN11. The summed E-state index contributed by atoms with van der Waals surface area (Å²) >= 11 is 5.99. The predicted octanol–water partition coefficient (Wildman–Crippen LogP) is 3.00. The SMILES string of the molecule is CC(C)Nc1nc(NNc2nc(Cl)nc(NC(C)(C)C)n2)nc(NC(C)C)n1. The molecule has 0 amide bonds. The summed E-state index contributed by atoms with van der Waals surface area (Å²) in [6.45, 7) is 14.0. The highest BCUT2D eigenvalue weighted by atomic mass is 35.5. The quantitative estimate of drug-likeness (QED) is 0.411. The van der Waals surface area contributed by atoms with Crippen molar-refractivity contribution in [2.24, 2.45) is 0 Å². The highest BCUT2D eigenvalue weighted by molar-refractivity contribution is 6.28. The number of hydrogen-bond donors (Lipinski definition) is 5. The van der Waals surface area contributed by atoms with Crippen molar-refractivity contribution in [3.63, 3.8) is 0 Å². The first-order chi connectivity index (χ1) is 13.0. The van der Waals surface area contributed by atoms with Crippen molar-refractivity contribution in [1.29, 1.82) is 0 Å². The zero-order valence-electron chi connectivity index (χ0n) is 17.2. The lowest BCUT2D eigenvalue weighted by atomic mass is 10.1. The second-order valence-electron chi connectivity index (χ2n) is 7.78. The molecule has 0 aliphatic heterocycles. The van der Waals surface area contributed by atoms with Crippen LogP contribution in [0.4, 0.5) is 29.7 Å². The van der Waals surface area contributed by atoms with Crippen LogP contribution in [0, 0.1) is 0 Å². The Morgan fingerprint density at radius 2 is 1.04 bits per heavy atom. The van der Waals surface area contributed by atoms with E-state index in [4.69, 9.17) is 11.6 Å². The fourth-order valence-electron chi connectivity index (χ4n) is 1.99. The summed E-state index contributed by atoms with van der Waals surface area (Å²) in [5.41, 5.74) is 5.49. The van der Waals surface area contributed by atoms with Crippen molar-refractivity contribution < 1.29 is 0 Å². The molecule has 0 bridgehead atoms. The molecule has 12 heteroatoms. The topological polar surface area (TPSA) is 137 Å². The third kappa shape index (κ3) is 7.51. The summed E-state index contributed by atoms with van der Waals surface area (Å²) in [6.07, 6.45) is 0. The van der Waals surface area contributed by atoms with E-state index in [-0.39, 0.29) is 28.9 Å². The second kappa shape index (κ2) is 9.00. The fraction of sp³-hybridized carbons (Fsp3) is 0.625. The van der Waals surface area contributed by atoms with Gasteiger partial charge in [-0.1, -0.05) is 0 Å². The summed E-state index contributed by atoms with van der Waals surface area (Å²) in [4.78, 5) is 25.4. The summed E-state index contributed by atoms with van der Waals surface area (Å²) < 4.78 is 0. The lowest BCUT2D eigenvalue weighted by Gasteiger charge is -2.20. The van der Waals surface area contributed by atoms with Gasteiger partial charge in [-0.2, -0.15) is 29.9 Å². The van der Waals surface area contributed by atoms with Crippen molar-refractivity contribution in [1.82, 2.24) is 29.9 Å². The third-order valence-electron chi connectivity index (χ3n) is 2.85. The van der Waals surface area contributed by atoms with E-state index in [1.807, 2.05) is 48.5 Å². The molecule has 28 heavy (non-hydrogen) atoms. The van der Waals surface area contributed by atoms with Gasteiger partial charge in [0.25, 0.3) is 0 Å².